The van der Waals surface area contributed by atoms with Gasteiger partial charge in [0.05, 0.1) is 0 Å². The molecule has 1 heteroatoms. The summed E-state index contributed by atoms with van der Waals surface area (Å²) < 4.78 is 0. The summed E-state index contributed by atoms with van der Waals surface area (Å²) in [7, 11) is 0. The molecule has 0 saturated heterocycles. The SMILES string of the molecule is CC1CC[C@]2(C)C(=O)[C@H](C)CC=C2C1(C)C. The Morgan fingerprint density at radius 2 is 1.88 bits per heavy atom. The van der Waals surface area contributed by atoms with E-state index in [0.717, 1.165) is 12.8 Å². The van der Waals surface area contributed by atoms with E-state index in [4.69, 9.17) is 0 Å². The molecule has 16 heavy (non-hydrogen) atoms. The smallest absolute Gasteiger partial charge is 0.145 e. The molecule has 0 aromatic carbocycles. The Kier molecular flexibility index (Phi) is 2.56. The van der Waals surface area contributed by atoms with Gasteiger partial charge in [-0.25, -0.2) is 0 Å². The van der Waals surface area contributed by atoms with E-state index in [-0.39, 0.29) is 16.7 Å². The third-order valence-corrected chi connectivity index (χ3v) is 5.26. The summed E-state index contributed by atoms with van der Waals surface area (Å²) in [6.07, 6.45) is 5.54. The molecule has 0 spiro atoms. The number of rotatable bonds is 0. The highest BCUT2D eigenvalue weighted by Gasteiger charge is 2.51. The van der Waals surface area contributed by atoms with Crippen LogP contribution < -0.4 is 0 Å². The van der Waals surface area contributed by atoms with Crippen LogP contribution >= 0.6 is 0 Å². The van der Waals surface area contributed by atoms with Crippen molar-refractivity contribution in [3.8, 4) is 0 Å². The van der Waals surface area contributed by atoms with Crippen LogP contribution in [0.4, 0.5) is 0 Å². The fourth-order valence-electron chi connectivity index (χ4n) is 3.67. The normalized spacial score (nSPS) is 42.6. The summed E-state index contributed by atoms with van der Waals surface area (Å²) in [4.78, 5) is 12.4. The first-order chi connectivity index (χ1) is 7.30. The number of fused-ring (bicyclic) bond motifs is 1. The first-order valence-corrected chi connectivity index (χ1v) is 6.55. The van der Waals surface area contributed by atoms with Gasteiger partial charge in [-0.1, -0.05) is 39.3 Å². The lowest BCUT2D eigenvalue weighted by Gasteiger charge is -2.51. The number of ketones is 1. The summed E-state index contributed by atoms with van der Waals surface area (Å²) in [6, 6.07) is 0. The Morgan fingerprint density at radius 1 is 1.25 bits per heavy atom. The molecule has 0 bridgehead atoms. The second-order valence-electron chi connectivity index (χ2n) is 6.61. The maximum absolute atomic E-state index is 12.4. The van der Waals surface area contributed by atoms with E-state index in [1.165, 1.54) is 12.0 Å². The Balaban J connectivity index is 2.49. The molecule has 2 aliphatic carbocycles. The van der Waals surface area contributed by atoms with Gasteiger partial charge in [-0.2, -0.15) is 0 Å². The second-order valence-corrected chi connectivity index (χ2v) is 6.61. The van der Waals surface area contributed by atoms with Crippen LogP contribution in [0.15, 0.2) is 11.6 Å². The standard InChI is InChI=1S/C15H24O/c1-10-6-7-12-14(3,4)11(2)8-9-15(12,5)13(10)16/h7,10-11H,6,8-9H2,1-5H3/t10-,11?,15+/m1/s1. The van der Waals surface area contributed by atoms with Gasteiger partial charge in [-0.05, 0) is 37.5 Å². The molecule has 2 rings (SSSR count). The molecule has 0 radical (unpaired) electrons. The van der Waals surface area contributed by atoms with Gasteiger partial charge in [0, 0.05) is 11.3 Å². The highest BCUT2D eigenvalue weighted by molar-refractivity contribution is 5.91. The minimum Gasteiger partial charge on any atom is -0.298 e. The van der Waals surface area contributed by atoms with Crippen molar-refractivity contribution in [3.05, 3.63) is 11.6 Å². The molecule has 0 aromatic rings. The van der Waals surface area contributed by atoms with E-state index in [1.807, 2.05) is 0 Å². The van der Waals surface area contributed by atoms with Crippen molar-refractivity contribution >= 4 is 5.78 Å². The van der Waals surface area contributed by atoms with Gasteiger partial charge in [0.15, 0.2) is 0 Å². The van der Waals surface area contributed by atoms with Crippen LogP contribution in [0.3, 0.4) is 0 Å². The van der Waals surface area contributed by atoms with Crippen molar-refractivity contribution in [1.29, 1.82) is 0 Å². The molecular weight excluding hydrogens is 196 g/mol. The minimum atomic E-state index is -0.159. The van der Waals surface area contributed by atoms with Crippen LogP contribution in [0.2, 0.25) is 0 Å². The topological polar surface area (TPSA) is 17.1 Å². The summed E-state index contributed by atoms with van der Waals surface area (Å²) in [5.74, 6) is 1.39. The van der Waals surface area contributed by atoms with Crippen molar-refractivity contribution in [2.24, 2.45) is 22.7 Å². The number of Topliss-reactive ketones (excluding diaryl/α,β-unsaturated/α-hetero) is 1. The molecule has 0 amide bonds. The second kappa shape index (κ2) is 3.45. The molecule has 0 aromatic heterocycles. The fraction of sp³-hybridized carbons (Fsp3) is 0.800. The van der Waals surface area contributed by atoms with Gasteiger partial charge in [-0.15, -0.1) is 0 Å². The average Bonchev–Trinajstić information content (AvgIpc) is 2.21. The lowest BCUT2D eigenvalue weighted by Crippen LogP contribution is -2.47. The zero-order chi connectivity index (χ0) is 12.1. The number of carbonyl (C=O) groups excluding carboxylic acids is 1. The molecule has 2 aliphatic rings. The van der Waals surface area contributed by atoms with Gasteiger partial charge < -0.3 is 0 Å². The predicted octanol–water partition coefficient (Wildman–Crippen LogP) is 3.98. The number of hydrogen-bond acceptors (Lipinski definition) is 1. The number of hydrogen-bond donors (Lipinski definition) is 0. The Bertz CT molecular complexity index is 350. The van der Waals surface area contributed by atoms with Crippen LogP contribution in [0.25, 0.3) is 0 Å². The largest absolute Gasteiger partial charge is 0.298 e. The minimum absolute atomic E-state index is 0.159. The van der Waals surface area contributed by atoms with E-state index in [1.54, 1.807) is 0 Å². The van der Waals surface area contributed by atoms with Gasteiger partial charge in [0.1, 0.15) is 5.78 Å². The first-order valence-electron chi connectivity index (χ1n) is 6.55. The van der Waals surface area contributed by atoms with Crippen molar-refractivity contribution < 1.29 is 4.79 Å². The van der Waals surface area contributed by atoms with E-state index in [0.29, 0.717) is 11.7 Å². The van der Waals surface area contributed by atoms with Crippen molar-refractivity contribution in [1.82, 2.24) is 0 Å². The van der Waals surface area contributed by atoms with E-state index < -0.39 is 0 Å². The summed E-state index contributed by atoms with van der Waals surface area (Å²) in [5.41, 5.74) is 1.46. The number of carbonyl (C=O) groups is 1. The molecule has 1 nitrogen and oxygen atoms in total. The van der Waals surface area contributed by atoms with E-state index in [2.05, 4.69) is 40.7 Å². The average molecular weight is 220 g/mol. The quantitative estimate of drug-likeness (QED) is 0.564. The predicted molar refractivity (Wildman–Crippen MR) is 67.2 cm³/mol. The Hall–Kier alpha value is -0.590. The summed E-state index contributed by atoms with van der Waals surface area (Å²) in [5, 5.41) is 0. The van der Waals surface area contributed by atoms with Crippen LogP contribution in [-0.4, -0.2) is 5.78 Å². The first kappa shape index (κ1) is 11.9. The van der Waals surface area contributed by atoms with Gasteiger partial charge in [0.2, 0.25) is 0 Å². The molecule has 0 heterocycles. The zero-order valence-electron chi connectivity index (χ0n) is 11.3. The van der Waals surface area contributed by atoms with Gasteiger partial charge in [-0.3, -0.25) is 4.79 Å². The lowest BCUT2D eigenvalue weighted by molar-refractivity contribution is -0.133. The third kappa shape index (κ3) is 1.40. The molecule has 3 atom stereocenters. The Morgan fingerprint density at radius 3 is 2.50 bits per heavy atom. The summed E-state index contributed by atoms with van der Waals surface area (Å²) in [6.45, 7) is 11.2. The summed E-state index contributed by atoms with van der Waals surface area (Å²) >= 11 is 0. The van der Waals surface area contributed by atoms with Crippen molar-refractivity contribution in [2.45, 2.75) is 53.9 Å². The van der Waals surface area contributed by atoms with Crippen molar-refractivity contribution in [2.75, 3.05) is 0 Å². The highest BCUT2D eigenvalue weighted by atomic mass is 16.1. The third-order valence-electron chi connectivity index (χ3n) is 5.26. The molecule has 90 valence electrons. The molecular formula is C15H24O. The van der Waals surface area contributed by atoms with Crippen LogP contribution in [-0.2, 0) is 4.79 Å². The highest BCUT2D eigenvalue weighted by Crippen LogP contribution is 2.56. The van der Waals surface area contributed by atoms with Gasteiger partial charge in [0.25, 0.3) is 0 Å². The number of allylic oxidation sites excluding steroid dienone is 2. The maximum Gasteiger partial charge on any atom is 0.145 e. The molecule has 0 N–H and O–H groups in total. The van der Waals surface area contributed by atoms with E-state index in [9.17, 15) is 4.79 Å². The molecule has 0 aliphatic heterocycles. The zero-order valence-corrected chi connectivity index (χ0v) is 11.3. The fourth-order valence-corrected chi connectivity index (χ4v) is 3.67. The van der Waals surface area contributed by atoms with E-state index >= 15 is 0 Å². The van der Waals surface area contributed by atoms with Crippen LogP contribution in [0.5, 0.6) is 0 Å². The Labute approximate surface area is 99.3 Å². The maximum atomic E-state index is 12.4. The lowest BCUT2D eigenvalue weighted by atomic mass is 9.52. The van der Waals surface area contributed by atoms with Gasteiger partial charge >= 0.3 is 0 Å². The molecule has 1 fully saturated rings. The van der Waals surface area contributed by atoms with Crippen molar-refractivity contribution in [3.63, 3.8) is 0 Å². The van der Waals surface area contributed by atoms with Crippen LogP contribution in [0.1, 0.15) is 53.9 Å². The monoisotopic (exact) mass is 220 g/mol. The molecule has 1 unspecified atom stereocenters. The van der Waals surface area contributed by atoms with Crippen LogP contribution in [0, 0.1) is 22.7 Å². The molecule has 1 saturated carbocycles.